The third-order valence-corrected chi connectivity index (χ3v) is 2.59. The van der Waals surface area contributed by atoms with Gasteiger partial charge in [0.2, 0.25) is 0 Å². The fraction of sp³-hybridized carbons (Fsp3) is 0.133. The zero-order chi connectivity index (χ0) is 14.4. The van der Waals surface area contributed by atoms with Crippen molar-refractivity contribution in [3.63, 3.8) is 0 Å². The second-order valence-electron chi connectivity index (χ2n) is 4.11. The molecule has 0 heterocycles. The zero-order valence-corrected chi connectivity index (χ0v) is 10.5. The molecule has 20 heavy (non-hydrogen) atoms. The van der Waals surface area contributed by atoms with Crippen molar-refractivity contribution in [2.24, 2.45) is 5.16 Å². The molecule has 0 atom stereocenters. The lowest BCUT2D eigenvalue weighted by atomic mass is 10.1. The predicted molar refractivity (Wildman–Crippen MR) is 70.3 cm³/mol. The van der Waals surface area contributed by atoms with E-state index in [1.165, 1.54) is 18.3 Å². The van der Waals surface area contributed by atoms with E-state index >= 15 is 0 Å². The largest absolute Gasteiger partial charge is 0.416 e. The van der Waals surface area contributed by atoms with Gasteiger partial charge in [-0.2, -0.15) is 13.2 Å². The maximum atomic E-state index is 12.4. The van der Waals surface area contributed by atoms with Crippen LogP contribution in [0.3, 0.4) is 0 Å². The van der Waals surface area contributed by atoms with Crippen LogP contribution in [0.2, 0.25) is 0 Å². The highest BCUT2D eigenvalue weighted by atomic mass is 19.4. The summed E-state index contributed by atoms with van der Waals surface area (Å²) in [5, 5.41) is 3.72. The SMILES string of the molecule is FC(F)(F)c1ccc(C=NOCc2ccccc2)cc1. The molecule has 0 aliphatic rings. The average Bonchev–Trinajstić information content (AvgIpc) is 2.44. The van der Waals surface area contributed by atoms with E-state index in [4.69, 9.17) is 4.84 Å². The fourth-order valence-corrected chi connectivity index (χ4v) is 1.54. The first-order valence-corrected chi connectivity index (χ1v) is 5.92. The zero-order valence-electron chi connectivity index (χ0n) is 10.5. The van der Waals surface area contributed by atoms with E-state index in [2.05, 4.69) is 5.16 Å². The van der Waals surface area contributed by atoms with Gasteiger partial charge in [-0.15, -0.1) is 0 Å². The summed E-state index contributed by atoms with van der Waals surface area (Å²) in [7, 11) is 0. The molecule has 2 rings (SSSR count). The third kappa shape index (κ3) is 4.12. The maximum Gasteiger partial charge on any atom is 0.416 e. The smallest absolute Gasteiger partial charge is 0.391 e. The molecule has 0 bridgehead atoms. The molecule has 104 valence electrons. The highest BCUT2D eigenvalue weighted by Gasteiger charge is 2.29. The van der Waals surface area contributed by atoms with Crippen LogP contribution in [0.15, 0.2) is 59.8 Å². The van der Waals surface area contributed by atoms with Crippen molar-refractivity contribution in [1.82, 2.24) is 0 Å². The van der Waals surface area contributed by atoms with Crippen LogP contribution >= 0.6 is 0 Å². The van der Waals surface area contributed by atoms with Gasteiger partial charge in [-0.1, -0.05) is 47.6 Å². The average molecular weight is 279 g/mol. The summed E-state index contributed by atoms with van der Waals surface area (Å²) in [4.78, 5) is 5.07. The van der Waals surface area contributed by atoms with Crippen LogP contribution in [0.4, 0.5) is 13.2 Å². The van der Waals surface area contributed by atoms with Gasteiger partial charge >= 0.3 is 6.18 Å². The first-order valence-electron chi connectivity index (χ1n) is 5.92. The Morgan fingerprint density at radius 2 is 1.60 bits per heavy atom. The van der Waals surface area contributed by atoms with Crippen molar-refractivity contribution in [3.8, 4) is 0 Å². The van der Waals surface area contributed by atoms with Crippen LogP contribution in [-0.4, -0.2) is 6.21 Å². The van der Waals surface area contributed by atoms with E-state index in [0.717, 1.165) is 17.7 Å². The Morgan fingerprint density at radius 3 is 2.20 bits per heavy atom. The molecule has 2 aromatic rings. The predicted octanol–water partition coefficient (Wildman–Crippen LogP) is 4.26. The van der Waals surface area contributed by atoms with Gasteiger partial charge in [0.25, 0.3) is 0 Å². The fourth-order valence-electron chi connectivity index (χ4n) is 1.54. The van der Waals surface area contributed by atoms with Gasteiger partial charge in [0.05, 0.1) is 11.8 Å². The Morgan fingerprint density at radius 1 is 0.950 bits per heavy atom. The van der Waals surface area contributed by atoms with E-state index in [9.17, 15) is 13.2 Å². The van der Waals surface area contributed by atoms with Crippen molar-refractivity contribution in [1.29, 1.82) is 0 Å². The lowest BCUT2D eigenvalue weighted by Crippen LogP contribution is -2.04. The molecular weight excluding hydrogens is 267 g/mol. The lowest BCUT2D eigenvalue weighted by Gasteiger charge is -2.05. The first kappa shape index (κ1) is 14.1. The quantitative estimate of drug-likeness (QED) is 0.605. The monoisotopic (exact) mass is 279 g/mol. The summed E-state index contributed by atoms with van der Waals surface area (Å²) >= 11 is 0. The molecule has 0 saturated carbocycles. The van der Waals surface area contributed by atoms with Gasteiger partial charge in [-0.05, 0) is 23.3 Å². The molecule has 2 nitrogen and oxygen atoms in total. The molecule has 5 heteroatoms. The van der Waals surface area contributed by atoms with Gasteiger partial charge in [-0.25, -0.2) is 0 Å². The lowest BCUT2D eigenvalue weighted by molar-refractivity contribution is -0.137. The van der Waals surface area contributed by atoms with E-state index < -0.39 is 11.7 Å². The third-order valence-electron chi connectivity index (χ3n) is 2.59. The molecule has 2 aromatic carbocycles. The molecule has 0 aromatic heterocycles. The van der Waals surface area contributed by atoms with Gasteiger partial charge in [0.15, 0.2) is 0 Å². The van der Waals surface area contributed by atoms with Crippen LogP contribution in [0.5, 0.6) is 0 Å². The van der Waals surface area contributed by atoms with Crippen molar-refractivity contribution in [3.05, 3.63) is 71.3 Å². The summed E-state index contributed by atoms with van der Waals surface area (Å²) in [6.45, 7) is 0.317. The molecule has 0 N–H and O–H groups in total. The van der Waals surface area contributed by atoms with Crippen LogP contribution in [0, 0.1) is 0 Å². The Balaban J connectivity index is 1.89. The summed E-state index contributed by atoms with van der Waals surface area (Å²) < 4.78 is 37.1. The summed E-state index contributed by atoms with van der Waals surface area (Å²) in [5.41, 5.74) is 0.836. The number of rotatable bonds is 4. The van der Waals surface area contributed by atoms with Gasteiger partial charge in [0.1, 0.15) is 6.61 Å². The molecule has 0 aliphatic carbocycles. The van der Waals surface area contributed by atoms with Crippen molar-refractivity contribution in [2.75, 3.05) is 0 Å². The molecule has 0 radical (unpaired) electrons. The van der Waals surface area contributed by atoms with E-state index in [-0.39, 0.29) is 0 Å². The van der Waals surface area contributed by atoms with E-state index in [0.29, 0.717) is 12.2 Å². The topological polar surface area (TPSA) is 21.6 Å². The molecular formula is C15H12F3NO. The molecule has 0 unspecified atom stereocenters. The van der Waals surface area contributed by atoms with Crippen molar-refractivity contribution in [2.45, 2.75) is 12.8 Å². The highest BCUT2D eigenvalue weighted by Crippen LogP contribution is 2.28. The number of benzene rings is 2. The molecule has 0 amide bonds. The highest BCUT2D eigenvalue weighted by molar-refractivity contribution is 5.79. The van der Waals surface area contributed by atoms with Crippen LogP contribution in [0.1, 0.15) is 16.7 Å². The summed E-state index contributed by atoms with van der Waals surface area (Å²) in [6, 6.07) is 14.2. The number of hydrogen-bond acceptors (Lipinski definition) is 2. The molecule has 0 aliphatic heterocycles. The maximum absolute atomic E-state index is 12.4. The molecule has 0 spiro atoms. The number of halogens is 3. The number of hydrogen-bond donors (Lipinski definition) is 0. The Bertz CT molecular complexity index is 562. The number of oxime groups is 1. The minimum absolute atomic E-state index is 0.317. The van der Waals surface area contributed by atoms with E-state index in [1.807, 2.05) is 30.3 Å². The Kier molecular flexibility index (Phi) is 4.40. The summed E-state index contributed by atoms with van der Waals surface area (Å²) in [5.74, 6) is 0. The molecule has 0 fully saturated rings. The van der Waals surface area contributed by atoms with Crippen LogP contribution in [0.25, 0.3) is 0 Å². The normalized spacial score (nSPS) is 11.8. The Labute approximate surface area is 114 Å². The standard InChI is InChI=1S/C15H12F3NO/c16-15(17,18)14-8-6-12(7-9-14)10-19-20-11-13-4-2-1-3-5-13/h1-10H,11H2. The first-order chi connectivity index (χ1) is 9.55. The van der Waals surface area contributed by atoms with Gasteiger partial charge in [-0.3, -0.25) is 0 Å². The van der Waals surface area contributed by atoms with E-state index in [1.54, 1.807) is 0 Å². The molecule has 0 saturated heterocycles. The van der Waals surface area contributed by atoms with Crippen molar-refractivity contribution < 1.29 is 18.0 Å². The van der Waals surface area contributed by atoms with Crippen LogP contribution < -0.4 is 0 Å². The van der Waals surface area contributed by atoms with Crippen LogP contribution in [-0.2, 0) is 17.6 Å². The number of nitrogens with zero attached hydrogens (tertiary/aromatic N) is 1. The Hall–Kier alpha value is -2.30. The second kappa shape index (κ2) is 6.23. The minimum atomic E-state index is -4.32. The summed E-state index contributed by atoms with van der Waals surface area (Å²) in [6.07, 6.45) is -2.94. The van der Waals surface area contributed by atoms with Crippen molar-refractivity contribution >= 4 is 6.21 Å². The minimum Gasteiger partial charge on any atom is -0.391 e. The number of alkyl halides is 3. The second-order valence-corrected chi connectivity index (χ2v) is 4.11. The van der Waals surface area contributed by atoms with Gasteiger partial charge in [0, 0.05) is 0 Å². The van der Waals surface area contributed by atoms with Gasteiger partial charge < -0.3 is 4.84 Å².